The van der Waals surface area contributed by atoms with Crippen molar-refractivity contribution in [2.45, 2.75) is 6.54 Å². The number of hydrogen-bond donors (Lipinski definition) is 0. The topological polar surface area (TPSA) is 53.8 Å². The summed E-state index contributed by atoms with van der Waals surface area (Å²) in [5, 5.41) is 1.22. The third-order valence-corrected chi connectivity index (χ3v) is 5.08. The van der Waals surface area contributed by atoms with E-state index in [4.69, 9.17) is 16.0 Å². The van der Waals surface area contributed by atoms with E-state index in [1.165, 1.54) is 11.6 Å². The van der Waals surface area contributed by atoms with Crippen molar-refractivity contribution in [1.82, 2.24) is 9.80 Å². The number of carbonyl (C=O) groups excluding carboxylic acids is 1. The highest BCUT2D eigenvalue weighted by Gasteiger charge is 2.24. The quantitative estimate of drug-likeness (QED) is 0.696. The van der Waals surface area contributed by atoms with Crippen molar-refractivity contribution < 1.29 is 9.21 Å². The van der Waals surface area contributed by atoms with Crippen LogP contribution in [0.5, 0.6) is 0 Å². The van der Waals surface area contributed by atoms with Crippen LogP contribution in [0.4, 0.5) is 0 Å². The molecular weight excluding hydrogens is 364 g/mol. The van der Waals surface area contributed by atoms with Gasteiger partial charge < -0.3 is 9.32 Å². The lowest BCUT2D eigenvalue weighted by molar-refractivity contribution is 0.0598. The third kappa shape index (κ3) is 3.89. The van der Waals surface area contributed by atoms with Crippen LogP contribution < -0.4 is 5.43 Å². The van der Waals surface area contributed by atoms with Gasteiger partial charge in [-0.25, -0.2) is 0 Å². The van der Waals surface area contributed by atoms with Gasteiger partial charge in [-0.3, -0.25) is 14.5 Å². The van der Waals surface area contributed by atoms with Gasteiger partial charge in [0.15, 0.2) is 11.2 Å². The van der Waals surface area contributed by atoms with Crippen LogP contribution in [0.3, 0.4) is 0 Å². The zero-order valence-electron chi connectivity index (χ0n) is 14.7. The van der Waals surface area contributed by atoms with E-state index in [1.54, 1.807) is 29.2 Å². The van der Waals surface area contributed by atoms with E-state index in [-0.39, 0.29) is 17.1 Å². The normalized spacial score (nSPS) is 15.2. The second kappa shape index (κ2) is 7.55. The molecule has 2 aromatic carbocycles. The van der Waals surface area contributed by atoms with Crippen molar-refractivity contribution in [2.75, 3.05) is 26.2 Å². The van der Waals surface area contributed by atoms with E-state index in [1.807, 2.05) is 24.3 Å². The summed E-state index contributed by atoms with van der Waals surface area (Å²) in [6.45, 7) is 3.56. The average Bonchev–Trinajstić information content (AvgIpc) is 2.70. The third-order valence-electron chi connectivity index (χ3n) is 4.82. The predicted molar refractivity (Wildman–Crippen MR) is 105 cm³/mol. The van der Waals surface area contributed by atoms with Gasteiger partial charge in [0.2, 0.25) is 0 Å². The first-order valence-electron chi connectivity index (χ1n) is 8.89. The number of nitrogens with zero attached hydrogens (tertiary/aromatic N) is 2. The fraction of sp³-hybridized carbons (Fsp3) is 0.238. The minimum absolute atomic E-state index is 0.102. The summed E-state index contributed by atoms with van der Waals surface area (Å²) in [6, 6.07) is 16.1. The van der Waals surface area contributed by atoms with Crippen LogP contribution in [-0.4, -0.2) is 41.9 Å². The Labute approximate surface area is 161 Å². The van der Waals surface area contributed by atoms with Gasteiger partial charge in [-0.05, 0) is 29.8 Å². The van der Waals surface area contributed by atoms with E-state index < -0.39 is 0 Å². The number of rotatable bonds is 3. The number of carbonyl (C=O) groups is 1. The van der Waals surface area contributed by atoms with Crippen molar-refractivity contribution in [3.63, 3.8) is 0 Å². The molecule has 0 saturated carbocycles. The molecule has 3 aromatic rings. The Morgan fingerprint density at radius 2 is 1.70 bits per heavy atom. The van der Waals surface area contributed by atoms with Crippen molar-refractivity contribution in [3.8, 4) is 0 Å². The molecule has 0 bridgehead atoms. The fourth-order valence-electron chi connectivity index (χ4n) is 3.32. The SMILES string of the molecule is O=C(c1cc(=O)c2ccccc2o1)N1CCN(Cc2ccc(Cl)cc2)CC1. The zero-order valence-corrected chi connectivity index (χ0v) is 15.5. The van der Waals surface area contributed by atoms with Gasteiger partial charge in [0, 0.05) is 43.8 Å². The van der Waals surface area contributed by atoms with Crippen molar-refractivity contribution >= 4 is 28.5 Å². The summed E-state index contributed by atoms with van der Waals surface area (Å²) in [5.41, 5.74) is 1.44. The maximum Gasteiger partial charge on any atom is 0.289 e. The lowest BCUT2D eigenvalue weighted by Crippen LogP contribution is -2.48. The number of halogens is 1. The molecule has 6 heteroatoms. The largest absolute Gasteiger partial charge is 0.451 e. The molecule has 0 spiro atoms. The van der Waals surface area contributed by atoms with E-state index in [0.717, 1.165) is 24.7 Å². The Morgan fingerprint density at radius 3 is 2.44 bits per heavy atom. The van der Waals surface area contributed by atoms with Crippen molar-refractivity contribution in [3.05, 3.63) is 81.2 Å². The van der Waals surface area contributed by atoms with Gasteiger partial charge in [-0.15, -0.1) is 0 Å². The second-order valence-corrected chi connectivity index (χ2v) is 7.10. The Bertz CT molecular complexity index is 1020. The monoisotopic (exact) mass is 382 g/mol. The number of fused-ring (bicyclic) bond motifs is 1. The van der Waals surface area contributed by atoms with Crippen LogP contribution in [0, 0.1) is 0 Å². The van der Waals surface area contributed by atoms with Gasteiger partial charge in [-0.1, -0.05) is 35.9 Å². The Balaban J connectivity index is 1.43. The molecule has 5 nitrogen and oxygen atoms in total. The molecule has 1 aliphatic rings. The molecule has 2 heterocycles. The van der Waals surface area contributed by atoms with Gasteiger partial charge >= 0.3 is 0 Å². The van der Waals surface area contributed by atoms with Crippen molar-refractivity contribution in [2.24, 2.45) is 0 Å². The maximum absolute atomic E-state index is 12.8. The Hall–Kier alpha value is -2.63. The number of piperazine rings is 1. The number of hydrogen-bond acceptors (Lipinski definition) is 4. The molecule has 1 amide bonds. The summed E-state index contributed by atoms with van der Waals surface area (Å²) in [4.78, 5) is 29.0. The Kier molecular flexibility index (Phi) is 4.97. The molecule has 0 aliphatic carbocycles. The average molecular weight is 383 g/mol. The van der Waals surface area contributed by atoms with E-state index in [2.05, 4.69) is 4.90 Å². The van der Waals surface area contributed by atoms with Crippen LogP contribution in [0.2, 0.25) is 5.02 Å². The highest BCUT2D eigenvalue weighted by molar-refractivity contribution is 6.30. The standard InChI is InChI=1S/C21H19ClN2O3/c22-16-7-5-15(6-8-16)14-23-9-11-24(12-10-23)21(26)20-13-18(25)17-3-1-2-4-19(17)27-20/h1-8,13H,9-12,14H2. The molecule has 0 unspecified atom stereocenters. The van der Waals surface area contributed by atoms with E-state index in [9.17, 15) is 9.59 Å². The maximum atomic E-state index is 12.8. The summed E-state index contributed by atoms with van der Waals surface area (Å²) >= 11 is 5.93. The number of para-hydroxylation sites is 1. The van der Waals surface area contributed by atoms with Crippen molar-refractivity contribution in [1.29, 1.82) is 0 Å². The zero-order chi connectivity index (χ0) is 18.8. The van der Waals surface area contributed by atoms with Gasteiger partial charge in [0.1, 0.15) is 5.58 Å². The summed E-state index contributed by atoms with van der Waals surface area (Å²) < 4.78 is 5.67. The fourth-order valence-corrected chi connectivity index (χ4v) is 3.45. The first-order valence-corrected chi connectivity index (χ1v) is 9.27. The molecule has 138 valence electrons. The van der Waals surface area contributed by atoms with E-state index >= 15 is 0 Å². The van der Waals surface area contributed by atoms with Crippen LogP contribution in [0.25, 0.3) is 11.0 Å². The molecule has 1 aliphatic heterocycles. The molecule has 1 aromatic heterocycles. The van der Waals surface area contributed by atoms with E-state index in [0.29, 0.717) is 24.1 Å². The number of amides is 1. The molecule has 1 fully saturated rings. The summed E-state index contributed by atoms with van der Waals surface area (Å²) in [5.74, 6) is -0.131. The lowest BCUT2D eigenvalue weighted by Gasteiger charge is -2.34. The first-order chi connectivity index (χ1) is 13.1. The molecule has 4 rings (SSSR count). The highest BCUT2D eigenvalue weighted by Crippen LogP contribution is 2.16. The van der Waals surface area contributed by atoms with Gasteiger partial charge in [-0.2, -0.15) is 0 Å². The van der Waals surface area contributed by atoms with Gasteiger partial charge in [0.25, 0.3) is 5.91 Å². The molecule has 27 heavy (non-hydrogen) atoms. The van der Waals surface area contributed by atoms with Gasteiger partial charge in [0.05, 0.1) is 5.39 Å². The van der Waals surface area contributed by atoms with Crippen LogP contribution >= 0.6 is 11.6 Å². The minimum Gasteiger partial charge on any atom is -0.451 e. The minimum atomic E-state index is -0.232. The molecule has 1 saturated heterocycles. The molecule has 0 atom stereocenters. The smallest absolute Gasteiger partial charge is 0.289 e. The van der Waals surface area contributed by atoms with Crippen LogP contribution in [0.15, 0.2) is 63.8 Å². The molecule has 0 radical (unpaired) electrons. The Morgan fingerprint density at radius 1 is 1.00 bits per heavy atom. The molecule has 0 N–H and O–H groups in total. The van der Waals surface area contributed by atoms with Crippen LogP contribution in [0.1, 0.15) is 16.1 Å². The predicted octanol–water partition coefficient (Wildman–Crippen LogP) is 3.40. The summed E-state index contributed by atoms with van der Waals surface area (Å²) in [7, 11) is 0. The van der Waals surface area contributed by atoms with Crippen LogP contribution in [-0.2, 0) is 6.54 Å². The lowest BCUT2D eigenvalue weighted by atomic mass is 10.2. The summed E-state index contributed by atoms with van der Waals surface area (Å²) in [6.07, 6.45) is 0. The number of benzene rings is 2. The first kappa shape index (κ1) is 17.8. The highest BCUT2D eigenvalue weighted by atomic mass is 35.5. The second-order valence-electron chi connectivity index (χ2n) is 6.67. The molecular formula is C21H19ClN2O3.